The normalized spacial score (nSPS) is 10.3. The van der Waals surface area contributed by atoms with Gasteiger partial charge < -0.3 is 10.2 Å². The van der Waals surface area contributed by atoms with E-state index >= 15 is 0 Å². The van der Waals surface area contributed by atoms with Crippen molar-refractivity contribution < 1.29 is 9.13 Å². The number of ether oxygens (including phenoxy) is 1. The molecule has 0 fully saturated rings. The highest BCUT2D eigenvalue weighted by molar-refractivity contribution is 6.32. The van der Waals surface area contributed by atoms with Gasteiger partial charge in [-0.3, -0.25) is 0 Å². The van der Waals surface area contributed by atoms with E-state index in [0.717, 1.165) is 5.69 Å². The quantitative estimate of drug-likeness (QED) is 0.666. The molecule has 2 rings (SSSR count). The number of nitrogens with one attached hydrogen (secondary N) is 1. The summed E-state index contributed by atoms with van der Waals surface area (Å²) in [5.74, 6) is 6.19. The Morgan fingerprint density at radius 1 is 1.37 bits per heavy atom. The predicted molar refractivity (Wildman–Crippen MR) is 70.3 cm³/mol. The highest BCUT2D eigenvalue weighted by atomic mass is 35.5. The van der Waals surface area contributed by atoms with Crippen LogP contribution < -0.4 is 16.0 Å². The van der Waals surface area contributed by atoms with Crippen molar-refractivity contribution in [1.82, 2.24) is 9.97 Å². The summed E-state index contributed by atoms with van der Waals surface area (Å²) in [5.41, 5.74) is 3.20. The topological polar surface area (TPSA) is 73.1 Å². The number of hydrogen-bond acceptors (Lipinski definition) is 5. The van der Waals surface area contributed by atoms with Crippen LogP contribution in [0, 0.1) is 12.7 Å². The highest BCUT2D eigenvalue weighted by Gasteiger charge is 2.06. The van der Waals surface area contributed by atoms with Gasteiger partial charge in [0.2, 0.25) is 0 Å². The number of nitrogens with two attached hydrogens (primary N) is 1. The van der Waals surface area contributed by atoms with E-state index in [4.69, 9.17) is 22.2 Å². The molecule has 1 heterocycles. The molecule has 0 aliphatic heterocycles. The second-order valence-corrected chi connectivity index (χ2v) is 4.23. The molecule has 19 heavy (non-hydrogen) atoms. The number of anilines is 1. The summed E-state index contributed by atoms with van der Waals surface area (Å²) in [6.07, 6.45) is 0. The first-order valence-corrected chi connectivity index (χ1v) is 5.85. The van der Waals surface area contributed by atoms with E-state index in [1.54, 1.807) is 6.07 Å². The van der Waals surface area contributed by atoms with E-state index < -0.39 is 5.82 Å². The van der Waals surface area contributed by atoms with Crippen molar-refractivity contribution in [2.24, 2.45) is 5.84 Å². The van der Waals surface area contributed by atoms with E-state index in [9.17, 15) is 4.39 Å². The fourth-order valence-electron chi connectivity index (χ4n) is 1.50. The van der Waals surface area contributed by atoms with E-state index in [1.165, 1.54) is 18.2 Å². The molecule has 7 heteroatoms. The fraction of sp³-hybridized carbons (Fsp3) is 0.167. The minimum absolute atomic E-state index is 0.113. The molecule has 2 aromatic rings. The lowest BCUT2D eigenvalue weighted by molar-refractivity contribution is 0.295. The average molecular weight is 283 g/mol. The lowest BCUT2D eigenvalue weighted by Crippen LogP contribution is -2.12. The van der Waals surface area contributed by atoms with Crippen LogP contribution in [-0.4, -0.2) is 9.97 Å². The Morgan fingerprint density at radius 2 is 2.16 bits per heavy atom. The summed E-state index contributed by atoms with van der Waals surface area (Å²) in [6, 6.07) is 5.61. The zero-order valence-electron chi connectivity index (χ0n) is 10.2. The molecule has 0 atom stereocenters. The van der Waals surface area contributed by atoms with Gasteiger partial charge in [0.15, 0.2) is 5.82 Å². The zero-order chi connectivity index (χ0) is 13.8. The molecule has 0 aliphatic rings. The van der Waals surface area contributed by atoms with Crippen LogP contribution >= 0.6 is 11.6 Å². The minimum Gasteiger partial charge on any atom is -0.484 e. The van der Waals surface area contributed by atoms with Crippen molar-refractivity contribution in [3.63, 3.8) is 0 Å². The molecule has 0 saturated heterocycles. The van der Waals surface area contributed by atoms with Gasteiger partial charge >= 0.3 is 0 Å². The minimum atomic E-state index is -0.418. The van der Waals surface area contributed by atoms with Gasteiger partial charge in [-0.1, -0.05) is 11.6 Å². The number of benzene rings is 1. The molecule has 0 amide bonds. The Kier molecular flexibility index (Phi) is 4.13. The van der Waals surface area contributed by atoms with Gasteiger partial charge in [0.05, 0.1) is 5.02 Å². The summed E-state index contributed by atoms with van der Waals surface area (Å²) >= 11 is 5.85. The molecule has 0 radical (unpaired) electrons. The number of rotatable bonds is 4. The van der Waals surface area contributed by atoms with Crippen molar-refractivity contribution in [3.8, 4) is 5.75 Å². The van der Waals surface area contributed by atoms with Crippen LogP contribution in [-0.2, 0) is 6.61 Å². The summed E-state index contributed by atoms with van der Waals surface area (Å²) in [7, 11) is 0. The van der Waals surface area contributed by atoms with Crippen LogP contribution in [0.4, 0.5) is 10.2 Å². The lowest BCUT2D eigenvalue weighted by Gasteiger charge is -2.08. The molecule has 0 aliphatic carbocycles. The van der Waals surface area contributed by atoms with Gasteiger partial charge in [0, 0.05) is 11.8 Å². The smallest absolute Gasteiger partial charge is 0.168 e. The number of halogens is 2. The maximum Gasteiger partial charge on any atom is 0.168 e. The van der Waals surface area contributed by atoms with Gasteiger partial charge in [-0.2, -0.15) is 0 Å². The van der Waals surface area contributed by atoms with Gasteiger partial charge in [-0.25, -0.2) is 20.2 Å². The van der Waals surface area contributed by atoms with E-state index in [0.29, 0.717) is 17.4 Å². The summed E-state index contributed by atoms with van der Waals surface area (Å²) < 4.78 is 18.3. The zero-order valence-corrected chi connectivity index (χ0v) is 10.9. The number of nitrogen functional groups attached to an aromatic ring is 1. The summed E-state index contributed by atoms with van der Waals surface area (Å²) in [4.78, 5) is 8.32. The third kappa shape index (κ3) is 3.52. The third-order valence-corrected chi connectivity index (χ3v) is 2.59. The van der Waals surface area contributed by atoms with Crippen LogP contribution in [0.15, 0.2) is 24.3 Å². The van der Waals surface area contributed by atoms with Crippen molar-refractivity contribution >= 4 is 17.4 Å². The Bertz CT molecular complexity index is 594. The van der Waals surface area contributed by atoms with Crippen LogP contribution in [0.25, 0.3) is 0 Å². The molecule has 0 saturated carbocycles. The van der Waals surface area contributed by atoms with Crippen molar-refractivity contribution in [2.45, 2.75) is 13.5 Å². The Morgan fingerprint density at radius 3 is 2.84 bits per heavy atom. The predicted octanol–water partition coefficient (Wildman–Crippen LogP) is 2.44. The molecule has 5 nitrogen and oxygen atoms in total. The first-order valence-electron chi connectivity index (χ1n) is 5.47. The molecule has 0 spiro atoms. The first kappa shape index (κ1) is 13.5. The maximum atomic E-state index is 12.9. The van der Waals surface area contributed by atoms with E-state index in [1.807, 2.05) is 6.92 Å². The number of hydrogen-bond donors (Lipinski definition) is 2. The Labute approximate surface area is 114 Å². The Balaban J connectivity index is 2.12. The Hall–Kier alpha value is -1.92. The molecule has 0 bridgehead atoms. The monoisotopic (exact) mass is 282 g/mol. The molecule has 1 aromatic carbocycles. The number of aromatic nitrogens is 2. The van der Waals surface area contributed by atoms with Crippen LogP contribution in [0.1, 0.15) is 11.5 Å². The van der Waals surface area contributed by atoms with Crippen molar-refractivity contribution in [3.05, 3.63) is 46.6 Å². The lowest BCUT2D eigenvalue weighted by atomic mass is 10.3. The molecular weight excluding hydrogens is 271 g/mol. The molecule has 100 valence electrons. The van der Waals surface area contributed by atoms with Crippen LogP contribution in [0.5, 0.6) is 5.75 Å². The SMILES string of the molecule is Cc1cc(NN)nc(COc2ccc(F)cc2Cl)n1. The second kappa shape index (κ2) is 5.81. The molecule has 1 aromatic heterocycles. The molecular formula is C12H12ClFN4O. The van der Waals surface area contributed by atoms with Gasteiger partial charge in [-0.15, -0.1) is 0 Å². The van der Waals surface area contributed by atoms with Crippen LogP contribution in [0.3, 0.4) is 0 Å². The highest BCUT2D eigenvalue weighted by Crippen LogP contribution is 2.25. The largest absolute Gasteiger partial charge is 0.484 e. The van der Waals surface area contributed by atoms with Gasteiger partial charge in [0.25, 0.3) is 0 Å². The first-order chi connectivity index (χ1) is 9.08. The summed E-state index contributed by atoms with van der Waals surface area (Å²) in [5, 5.41) is 0.199. The average Bonchev–Trinajstić information content (AvgIpc) is 2.37. The maximum absolute atomic E-state index is 12.9. The van der Waals surface area contributed by atoms with Crippen LogP contribution in [0.2, 0.25) is 5.02 Å². The van der Waals surface area contributed by atoms with Gasteiger partial charge in [-0.05, 0) is 25.1 Å². The number of nitrogens with zero attached hydrogens (tertiary/aromatic N) is 2. The fourth-order valence-corrected chi connectivity index (χ4v) is 1.72. The summed E-state index contributed by atoms with van der Waals surface area (Å²) in [6.45, 7) is 1.93. The van der Waals surface area contributed by atoms with E-state index in [-0.39, 0.29) is 11.6 Å². The number of aryl methyl sites for hydroxylation is 1. The third-order valence-electron chi connectivity index (χ3n) is 2.30. The van der Waals surface area contributed by atoms with E-state index in [2.05, 4.69) is 15.4 Å². The number of hydrazine groups is 1. The van der Waals surface area contributed by atoms with Gasteiger partial charge in [0.1, 0.15) is 24.0 Å². The molecule has 0 unspecified atom stereocenters. The van der Waals surface area contributed by atoms with Crippen molar-refractivity contribution in [2.75, 3.05) is 5.43 Å². The standard InChI is InChI=1S/C12H12ClFN4O/c1-7-4-11(18-15)17-12(16-7)6-19-10-3-2-8(14)5-9(10)13/h2-5H,6,15H2,1H3,(H,16,17,18). The molecule has 3 N–H and O–H groups in total. The van der Waals surface area contributed by atoms with Crippen molar-refractivity contribution in [1.29, 1.82) is 0 Å². The second-order valence-electron chi connectivity index (χ2n) is 3.82.